The zero-order valence-electron chi connectivity index (χ0n) is 9.15. The molecule has 2 N–H and O–H groups in total. The fourth-order valence-corrected chi connectivity index (χ4v) is 2.20. The molecule has 1 heterocycles. The van der Waals surface area contributed by atoms with Gasteiger partial charge in [-0.2, -0.15) is 0 Å². The van der Waals surface area contributed by atoms with Crippen LogP contribution in [-0.4, -0.2) is 22.1 Å². The minimum absolute atomic E-state index is 0.0401. The van der Waals surface area contributed by atoms with Gasteiger partial charge in [0.25, 0.3) is 0 Å². The fourth-order valence-electron chi connectivity index (χ4n) is 1.39. The molecule has 1 aromatic rings. The maximum atomic E-state index is 10.5. The summed E-state index contributed by atoms with van der Waals surface area (Å²) in [5.74, 6) is -0.780. The summed E-state index contributed by atoms with van der Waals surface area (Å²) in [7, 11) is 0. The molecule has 0 amide bonds. The van der Waals surface area contributed by atoms with E-state index in [0.29, 0.717) is 0 Å². The maximum Gasteiger partial charge on any atom is 0.304 e. The number of hydrogen-bond acceptors (Lipinski definition) is 4. The van der Waals surface area contributed by atoms with Crippen molar-refractivity contribution in [2.75, 3.05) is 0 Å². The van der Waals surface area contributed by atoms with Gasteiger partial charge in [0.15, 0.2) is 0 Å². The molecule has 1 rings (SSSR count). The van der Waals surface area contributed by atoms with E-state index < -0.39 is 5.97 Å². The van der Waals surface area contributed by atoms with Gasteiger partial charge >= 0.3 is 5.97 Å². The quantitative estimate of drug-likeness (QED) is 0.808. The van der Waals surface area contributed by atoms with Crippen LogP contribution in [-0.2, 0) is 4.79 Å². The second-order valence-electron chi connectivity index (χ2n) is 3.71. The van der Waals surface area contributed by atoms with Gasteiger partial charge in [0.2, 0.25) is 0 Å². The Hall–Kier alpha value is -0.940. The molecule has 15 heavy (non-hydrogen) atoms. The van der Waals surface area contributed by atoms with Crippen LogP contribution in [0, 0.1) is 6.92 Å². The largest absolute Gasteiger partial charge is 0.481 e. The summed E-state index contributed by atoms with van der Waals surface area (Å²) < 4.78 is 0. The normalized spacial score (nSPS) is 14.9. The number of rotatable bonds is 5. The summed E-state index contributed by atoms with van der Waals surface area (Å²) in [6.07, 6.45) is 0.134. The van der Waals surface area contributed by atoms with Crippen LogP contribution in [0.5, 0.6) is 0 Å². The second-order valence-corrected chi connectivity index (χ2v) is 4.60. The Morgan fingerprint density at radius 2 is 2.33 bits per heavy atom. The third kappa shape index (κ3) is 3.97. The van der Waals surface area contributed by atoms with Gasteiger partial charge in [-0.15, -0.1) is 11.3 Å². The summed E-state index contributed by atoms with van der Waals surface area (Å²) in [4.78, 5) is 14.8. The Bertz CT molecular complexity index is 338. The van der Waals surface area contributed by atoms with Crippen molar-refractivity contribution in [2.45, 2.75) is 39.3 Å². The Kier molecular flexibility index (Phi) is 4.23. The smallest absolute Gasteiger partial charge is 0.304 e. The summed E-state index contributed by atoms with van der Waals surface area (Å²) >= 11 is 1.60. The van der Waals surface area contributed by atoms with E-state index in [2.05, 4.69) is 10.3 Å². The average molecular weight is 228 g/mol. The predicted octanol–water partition coefficient (Wildman–Crippen LogP) is 1.97. The van der Waals surface area contributed by atoms with Gasteiger partial charge in [-0.25, -0.2) is 4.98 Å². The minimum Gasteiger partial charge on any atom is -0.481 e. The molecule has 0 aliphatic carbocycles. The van der Waals surface area contributed by atoms with Gasteiger partial charge in [0.1, 0.15) is 5.01 Å². The van der Waals surface area contributed by atoms with E-state index >= 15 is 0 Å². The Labute approximate surface area is 93.4 Å². The zero-order chi connectivity index (χ0) is 11.4. The van der Waals surface area contributed by atoms with Crippen LogP contribution >= 0.6 is 11.3 Å². The molecule has 2 atom stereocenters. The Morgan fingerprint density at radius 3 is 2.80 bits per heavy atom. The molecule has 0 bridgehead atoms. The third-order valence-electron chi connectivity index (χ3n) is 2.02. The molecule has 0 saturated carbocycles. The number of aliphatic carboxylic acids is 1. The van der Waals surface area contributed by atoms with Crippen LogP contribution in [0.4, 0.5) is 0 Å². The molecule has 4 nitrogen and oxygen atoms in total. The van der Waals surface area contributed by atoms with Crippen LogP contribution < -0.4 is 5.32 Å². The van der Waals surface area contributed by atoms with Crippen LogP contribution in [0.15, 0.2) is 5.38 Å². The molecular weight excluding hydrogens is 212 g/mol. The van der Waals surface area contributed by atoms with E-state index in [1.807, 2.05) is 26.2 Å². The number of carboxylic acid groups (broad SMARTS) is 1. The lowest BCUT2D eigenvalue weighted by Gasteiger charge is -2.16. The monoisotopic (exact) mass is 228 g/mol. The number of nitrogens with one attached hydrogen (secondary N) is 1. The van der Waals surface area contributed by atoms with Crippen LogP contribution in [0.2, 0.25) is 0 Å². The molecular formula is C10H16N2O2S. The van der Waals surface area contributed by atoms with Crippen molar-refractivity contribution in [3.8, 4) is 0 Å². The first kappa shape index (κ1) is 12.1. The minimum atomic E-state index is -0.780. The first-order chi connectivity index (χ1) is 6.99. The predicted molar refractivity (Wildman–Crippen MR) is 60.1 cm³/mol. The summed E-state index contributed by atoms with van der Waals surface area (Å²) in [6, 6.07) is 0.0692. The van der Waals surface area contributed by atoms with E-state index in [9.17, 15) is 4.79 Å². The van der Waals surface area contributed by atoms with Crippen molar-refractivity contribution >= 4 is 17.3 Å². The molecule has 0 fully saturated rings. The standard InChI is InChI=1S/C10H16N2O2S/c1-6(4-9(13)14)11-8(3)10-12-7(2)5-15-10/h5-6,8,11H,4H2,1-3H3,(H,13,14). The van der Waals surface area contributed by atoms with E-state index in [1.54, 1.807) is 11.3 Å². The van der Waals surface area contributed by atoms with Crippen LogP contribution in [0.25, 0.3) is 0 Å². The molecule has 0 radical (unpaired) electrons. The lowest BCUT2D eigenvalue weighted by atomic mass is 10.2. The zero-order valence-corrected chi connectivity index (χ0v) is 9.97. The first-order valence-corrected chi connectivity index (χ1v) is 5.77. The van der Waals surface area contributed by atoms with Crippen molar-refractivity contribution < 1.29 is 9.90 Å². The van der Waals surface area contributed by atoms with E-state index in [1.165, 1.54) is 0 Å². The van der Waals surface area contributed by atoms with Crippen molar-refractivity contribution in [3.63, 3.8) is 0 Å². The Balaban J connectivity index is 2.48. The number of thiazole rings is 1. The van der Waals surface area contributed by atoms with Gasteiger partial charge in [0, 0.05) is 17.1 Å². The van der Waals surface area contributed by atoms with Gasteiger partial charge in [-0.05, 0) is 20.8 Å². The highest BCUT2D eigenvalue weighted by atomic mass is 32.1. The molecule has 5 heteroatoms. The first-order valence-electron chi connectivity index (χ1n) is 4.89. The summed E-state index contributed by atoms with van der Waals surface area (Å²) in [6.45, 7) is 5.81. The second kappa shape index (κ2) is 5.23. The Morgan fingerprint density at radius 1 is 1.67 bits per heavy atom. The van der Waals surface area contributed by atoms with E-state index in [0.717, 1.165) is 10.7 Å². The van der Waals surface area contributed by atoms with Crippen molar-refractivity contribution in [1.29, 1.82) is 0 Å². The summed E-state index contributed by atoms with van der Waals surface area (Å²) in [5, 5.41) is 14.8. The van der Waals surface area contributed by atoms with Crippen molar-refractivity contribution in [1.82, 2.24) is 10.3 Å². The number of aryl methyl sites for hydroxylation is 1. The highest BCUT2D eigenvalue weighted by molar-refractivity contribution is 7.09. The number of carboxylic acids is 1. The third-order valence-corrected chi connectivity index (χ3v) is 3.17. The van der Waals surface area contributed by atoms with Gasteiger partial charge in [-0.1, -0.05) is 0 Å². The molecule has 0 aliphatic heterocycles. The fraction of sp³-hybridized carbons (Fsp3) is 0.600. The number of hydrogen-bond donors (Lipinski definition) is 2. The molecule has 84 valence electrons. The summed E-state index contributed by atoms with van der Waals surface area (Å²) in [5.41, 5.74) is 1.01. The molecule has 1 aromatic heterocycles. The number of carbonyl (C=O) groups is 1. The number of nitrogens with zero attached hydrogens (tertiary/aromatic N) is 1. The number of aromatic nitrogens is 1. The van der Waals surface area contributed by atoms with Crippen molar-refractivity contribution in [3.05, 3.63) is 16.1 Å². The van der Waals surface area contributed by atoms with Gasteiger partial charge < -0.3 is 10.4 Å². The average Bonchev–Trinajstić information content (AvgIpc) is 2.49. The lowest BCUT2D eigenvalue weighted by molar-refractivity contribution is -0.137. The van der Waals surface area contributed by atoms with E-state index in [4.69, 9.17) is 5.11 Å². The van der Waals surface area contributed by atoms with Gasteiger partial charge in [0.05, 0.1) is 12.5 Å². The SMILES string of the molecule is Cc1csc(C(C)NC(C)CC(=O)O)n1. The lowest BCUT2D eigenvalue weighted by Crippen LogP contribution is -2.30. The molecule has 0 spiro atoms. The van der Waals surface area contributed by atoms with Gasteiger partial charge in [-0.3, -0.25) is 4.79 Å². The maximum absolute atomic E-state index is 10.5. The topological polar surface area (TPSA) is 62.2 Å². The highest BCUT2D eigenvalue weighted by Crippen LogP contribution is 2.18. The van der Waals surface area contributed by atoms with Crippen molar-refractivity contribution in [2.24, 2.45) is 0 Å². The molecule has 2 unspecified atom stereocenters. The van der Waals surface area contributed by atoms with E-state index in [-0.39, 0.29) is 18.5 Å². The molecule has 0 aliphatic rings. The molecule has 0 aromatic carbocycles. The molecule has 0 saturated heterocycles. The van der Waals surface area contributed by atoms with Crippen LogP contribution in [0.1, 0.15) is 37.0 Å². The van der Waals surface area contributed by atoms with Crippen LogP contribution in [0.3, 0.4) is 0 Å². The highest BCUT2D eigenvalue weighted by Gasteiger charge is 2.14.